The lowest BCUT2D eigenvalue weighted by Gasteiger charge is -2.37. The Hall–Kier alpha value is -0.693. The molecule has 148 valence electrons. The lowest BCUT2D eigenvalue weighted by atomic mass is 9.99. The maximum atomic E-state index is 12.8. The summed E-state index contributed by atoms with van der Waals surface area (Å²) in [5.41, 5.74) is 1.16. The van der Waals surface area contributed by atoms with Crippen LogP contribution in [0.15, 0.2) is 11.6 Å². The van der Waals surface area contributed by atoms with Crippen molar-refractivity contribution < 1.29 is 23.4 Å². The molecule has 3 atom stereocenters. The van der Waals surface area contributed by atoms with Crippen molar-refractivity contribution in [3.8, 4) is 0 Å². The van der Waals surface area contributed by atoms with E-state index >= 15 is 0 Å². The summed E-state index contributed by atoms with van der Waals surface area (Å²) in [5, 5.41) is -0.0443. The van der Waals surface area contributed by atoms with Crippen molar-refractivity contribution in [3.63, 3.8) is 0 Å². The molecule has 0 N–H and O–H groups in total. The maximum Gasteiger partial charge on any atom is 0.322 e. The third kappa shape index (κ3) is 8.49. The summed E-state index contributed by atoms with van der Waals surface area (Å²) in [6.45, 7) is 16.5. The second-order valence-corrected chi connectivity index (χ2v) is 13.0. The van der Waals surface area contributed by atoms with Crippen LogP contribution in [0, 0.1) is 5.92 Å². The van der Waals surface area contributed by atoms with Gasteiger partial charge in [0.15, 0.2) is 6.10 Å². The summed E-state index contributed by atoms with van der Waals surface area (Å²) in [5.74, 6) is -0.420. The molecule has 0 aromatic carbocycles. The smallest absolute Gasteiger partial charge is 0.322 e. The number of rotatable bonds is 10. The second-order valence-electron chi connectivity index (χ2n) is 8.30. The van der Waals surface area contributed by atoms with Crippen LogP contribution in [0.1, 0.15) is 48.0 Å². The molecule has 0 amide bonds. The highest BCUT2D eigenvalue weighted by molar-refractivity contribution is 6.75. The molecular weight excluding hydrogens is 336 g/mol. The zero-order chi connectivity index (χ0) is 19.8. The van der Waals surface area contributed by atoms with E-state index in [4.69, 9.17) is 18.6 Å². The van der Waals surface area contributed by atoms with Crippen molar-refractivity contribution in [3.05, 3.63) is 11.6 Å². The SMILES string of the molecule is COCOC(C(=O)O[Si](C)(C)C(C)(C)C)C(C)C=C(C)CC(C)OC. The van der Waals surface area contributed by atoms with Crippen LogP contribution in [-0.2, 0) is 23.4 Å². The molecule has 0 heterocycles. The van der Waals surface area contributed by atoms with Crippen LogP contribution < -0.4 is 0 Å². The van der Waals surface area contributed by atoms with E-state index in [1.165, 1.54) is 0 Å². The van der Waals surface area contributed by atoms with Crippen molar-refractivity contribution in [2.24, 2.45) is 5.92 Å². The Balaban J connectivity index is 5.22. The summed E-state index contributed by atoms with van der Waals surface area (Å²) in [4.78, 5) is 12.8. The van der Waals surface area contributed by atoms with Gasteiger partial charge in [0.05, 0.1) is 6.10 Å². The normalized spacial score (nSPS) is 17.1. The quantitative estimate of drug-likeness (QED) is 0.319. The van der Waals surface area contributed by atoms with Gasteiger partial charge in [-0.2, -0.15) is 0 Å². The van der Waals surface area contributed by atoms with Crippen molar-refractivity contribution in [1.82, 2.24) is 0 Å². The van der Waals surface area contributed by atoms with E-state index in [1.54, 1.807) is 14.2 Å². The van der Waals surface area contributed by atoms with E-state index in [1.807, 2.05) is 20.8 Å². The van der Waals surface area contributed by atoms with Crippen LogP contribution in [0.4, 0.5) is 0 Å². The number of carbonyl (C=O) groups is 1. The molecule has 5 nitrogen and oxygen atoms in total. The van der Waals surface area contributed by atoms with E-state index in [9.17, 15) is 4.79 Å². The Bertz CT molecular complexity index is 440. The number of methoxy groups -OCH3 is 2. The van der Waals surface area contributed by atoms with Gasteiger partial charge in [0.25, 0.3) is 8.32 Å². The molecule has 3 unspecified atom stereocenters. The summed E-state index contributed by atoms with van der Waals surface area (Å²) >= 11 is 0. The number of hydrogen-bond donors (Lipinski definition) is 0. The Kier molecular flexibility index (Phi) is 10.2. The van der Waals surface area contributed by atoms with E-state index in [0.717, 1.165) is 12.0 Å². The predicted molar refractivity (Wildman–Crippen MR) is 104 cm³/mol. The fourth-order valence-electron chi connectivity index (χ4n) is 2.18. The van der Waals surface area contributed by atoms with Crippen molar-refractivity contribution in [2.45, 2.75) is 78.3 Å². The van der Waals surface area contributed by atoms with E-state index in [-0.39, 0.29) is 29.8 Å². The molecule has 0 radical (unpaired) electrons. The highest BCUT2D eigenvalue weighted by atomic mass is 28.4. The topological polar surface area (TPSA) is 54.0 Å². The molecule has 0 saturated heterocycles. The molecule has 0 bridgehead atoms. The van der Waals surface area contributed by atoms with Gasteiger partial charge < -0.3 is 18.6 Å². The Labute approximate surface area is 155 Å². The molecule has 0 spiro atoms. The summed E-state index contributed by atoms with van der Waals surface area (Å²) in [7, 11) is 1.04. The van der Waals surface area contributed by atoms with Gasteiger partial charge in [0.2, 0.25) is 0 Å². The molecule has 25 heavy (non-hydrogen) atoms. The van der Waals surface area contributed by atoms with Crippen molar-refractivity contribution in [1.29, 1.82) is 0 Å². The van der Waals surface area contributed by atoms with Crippen LogP contribution in [0.3, 0.4) is 0 Å². The van der Waals surface area contributed by atoms with Gasteiger partial charge in [-0.3, -0.25) is 4.79 Å². The molecule has 0 aliphatic rings. The maximum absolute atomic E-state index is 12.8. The summed E-state index contributed by atoms with van der Waals surface area (Å²) < 4.78 is 21.9. The molecule has 0 fully saturated rings. The van der Waals surface area contributed by atoms with Gasteiger partial charge in [-0.25, -0.2) is 0 Å². The number of hydrogen-bond acceptors (Lipinski definition) is 5. The zero-order valence-electron chi connectivity index (χ0n) is 17.8. The summed E-state index contributed by atoms with van der Waals surface area (Å²) in [6.07, 6.45) is 2.33. The molecule has 0 aromatic rings. The first-order chi connectivity index (χ1) is 11.4. The number of carbonyl (C=O) groups excluding carboxylic acids is 1. The van der Waals surface area contributed by atoms with Gasteiger partial charge in [-0.1, -0.05) is 39.3 Å². The molecule has 0 aliphatic heterocycles. The monoisotopic (exact) mass is 374 g/mol. The van der Waals surface area contributed by atoms with Crippen LogP contribution in [0.25, 0.3) is 0 Å². The van der Waals surface area contributed by atoms with Crippen LogP contribution in [0.5, 0.6) is 0 Å². The standard InChI is InChI=1S/C19H38O5Si/c1-14(12-16(3)22-8)11-15(2)17(23-13-21-7)18(20)24-25(9,10)19(4,5)6/h11,15-17H,12-13H2,1-10H3. The lowest BCUT2D eigenvalue weighted by Crippen LogP contribution is -2.46. The van der Waals surface area contributed by atoms with E-state index in [0.29, 0.717) is 0 Å². The van der Waals surface area contributed by atoms with E-state index in [2.05, 4.69) is 39.9 Å². The van der Waals surface area contributed by atoms with Crippen molar-refractivity contribution in [2.75, 3.05) is 21.0 Å². The average molecular weight is 375 g/mol. The summed E-state index contributed by atoms with van der Waals surface area (Å²) in [6, 6.07) is 0. The average Bonchev–Trinajstić information content (AvgIpc) is 2.45. The third-order valence-electron chi connectivity index (χ3n) is 4.80. The van der Waals surface area contributed by atoms with Crippen LogP contribution >= 0.6 is 0 Å². The molecule has 0 saturated carbocycles. The minimum Gasteiger partial charge on any atom is -0.517 e. The van der Waals surface area contributed by atoms with Crippen LogP contribution in [-0.4, -0.2) is 47.5 Å². The van der Waals surface area contributed by atoms with Gasteiger partial charge in [-0.15, -0.1) is 0 Å². The van der Waals surface area contributed by atoms with Gasteiger partial charge in [0.1, 0.15) is 6.79 Å². The van der Waals surface area contributed by atoms with Gasteiger partial charge >= 0.3 is 5.97 Å². The molecule has 0 rings (SSSR count). The molecular formula is C19H38O5Si. The molecule has 0 aliphatic carbocycles. The number of ether oxygens (including phenoxy) is 3. The Morgan fingerprint density at radius 2 is 1.72 bits per heavy atom. The van der Waals surface area contributed by atoms with Crippen molar-refractivity contribution >= 4 is 14.3 Å². The Morgan fingerprint density at radius 1 is 1.16 bits per heavy atom. The highest BCUT2D eigenvalue weighted by Crippen LogP contribution is 2.37. The zero-order valence-corrected chi connectivity index (χ0v) is 18.8. The largest absolute Gasteiger partial charge is 0.517 e. The first kappa shape index (κ1) is 24.3. The first-order valence-corrected chi connectivity index (χ1v) is 11.8. The Morgan fingerprint density at radius 3 is 2.16 bits per heavy atom. The van der Waals surface area contributed by atoms with Gasteiger partial charge in [-0.05, 0) is 38.4 Å². The van der Waals surface area contributed by atoms with Gasteiger partial charge in [0, 0.05) is 20.1 Å². The molecule has 0 aromatic heterocycles. The fraction of sp³-hybridized carbons (Fsp3) is 0.842. The first-order valence-electron chi connectivity index (χ1n) is 8.89. The highest BCUT2D eigenvalue weighted by Gasteiger charge is 2.42. The third-order valence-corrected chi connectivity index (χ3v) is 9.12. The minimum absolute atomic E-state index is 0.0443. The fourth-order valence-corrected chi connectivity index (χ4v) is 3.10. The van der Waals surface area contributed by atoms with Crippen LogP contribution in [0.2, 0.25) is 18.1 Å². The predicted octanol–water partition coefficient (Wildman–Crippen LogP) is 4.53. The minimum atomic E-state index is -2.20. The lowest BCUT2D eigenvalue weighted by molar-refractivity contribution is -0.160. The second kappa shape index (κ2) is 10.5. The molecule has 6 heteroatoms. The van der Waals surface area contributed by atoms with E-state index < -0.39 is 14.4 Å².